The van der Waals surface area contributed by atoms with Crippen molar-refractivity contribution in [2.75, 3.05) is 33.7 Å². The molecule has 8 nitrogen and oxygen atoms in total. The number of fused-ring (bicyclic) bond motifs is 1. The van der Waals surface area contributed by atoms with Gasteiger partial charge in [0.15, 0.2) is 0 Å². The Morgan fingerprint density at radius 1 is 1.06 bits per heavy atom. The number of hydrogen-bond acceptors (Lipinski definition) is 5. The Morgan fingerprint density at radius 2 is 1.68 bits per heavy atom. The van der Waals surface area contributed by atoms with Crippen molar-refractivity contribution in [3.8, 4) is 0 Å². The first-order valence-electron chi connectivity index (χ1n) is 16.6. The molecule has 1 aliphatic rings. The number of nitrogens with two attached hydrogens (primary N) is 1. The fourth-order valence-corrected chi connectivity index (χ4v) is 4.93. The zero-order valence-corrected chi connectivity index (χ0v) is 29.9. The molecule has 47 heavy (non-hydrogen) atoms. The summed E-state index contributed by atoms with van der Waals surface area (Å²) in [5.74, 6) is -0.807. The summed E-state index contributed by atoms with van der Waals surface area (Å²) in [5, 5.41) is 12.4. The van der Waals surface area contributed by atoms with Gasteiger partial charge in [0.05, 0.1) is 12.6 Å². The van der Waals surface area contributed by atoms with Gasteiger partial charge in [0.2, 0.25) is 17.7 Å². The molecule has 0 unspecified atom stereocenters. The second-order valence-electron chi connectivity index (χ2n) is 12.4. The van der Waals surface area contributed by atoms with E-state index in [2.05, 4.69) is 56.0 Å². The van der Waals surface area contributed by atoms with Crippen LogP contribution in [0, 0.1) is 6.92 Å². The number of amides is 3. The lowest BCUT2D eigenvalue weighted by atomic mass is 10.0. The first-order chi connectivity index (χ1) is 22.2. The number of piperidine rings is 1. The van der Waals surface area contributed by atoms with E-state index in [9.17, 15) is 19.5 Å². The normalized spacial score (nSPS) is 14.6. The fraction of sp³-hybridized carbons (Fsp3) is 0.462. The number of nitrogens with zero attached hydrogens (tertiary/aromatic N) is 3. The first-order valence-corrected chi connectivity index (χ1v) is 16.6. The number of aryl methyl sites for hydroxylation is 1. The lowest BCUT2D eigenvalue weighted by Gasteiger charge is -2.36. The lowest BCUT2D eigenvalue weighted by molar-refractivity contribution is -0.147. The van der Waals surface area contributed by atoms with E-state index in [1.165, 1.54) is 32.2 Å². The summed E-state index contributed by atoms with van der Waals surface area (Å²) in [5.41, 5.74) is 7.69. The Hall–Kier alpha value is -4.01. The molecular formula is C39H58N4O4. The maximum absolute atomic E-state index is 13.4. The van der Waals surface area contributed by atoms with E-state index in [0.29, 0.717) is 38.8 Å². The molecule has 3 N–H and O–H groups in total. The second kappa shape index (κ2) is 21.0. The van der Waals surface area contributed by atoms with Crippen LogP contribution < -0.4 is 5.73 Å². The van der Waals surface area contributed by atoms with E-state index < -0.39 is 17.7 Å². The average Bonchev–Trinajstić information content (AvgIpc) is 3.04. The SMILES string of the molecule is C=C/C=C(\C=C/C)C[C@H](C(=O)N1CCC(O)CC1)N(C)C(=O)CN(C)C(=O)/C=C/CC(C)(C)N.CC.Cc1ccc2ccccc2c1. The van der Waals surface area contributed by atoms with Crippen LogP contribution >= 0.6 is 0 Å². The van der Waals surface area contributed by atoms with Gasteiger partial charge in [0, 0.05) is 39.1 Å². The van der Waals surface area contributed by atoms with Crippen LogP contribution in [0.4, 0.5) is 0 Å². The Morgan fingerprint density at radius 3 is 2.26 bits per heavy atom. The summed E-state index contributed by atoms with van der Waals surface area (Å²) in [4.78, 5) is 43.4. The average molecular weight is 647 g/mol. The van der Waals surface area contributed by atoms with Gasteiger partial charge in [-0.25, -0.2) is 0 Å². The van der Waals surface area contributed by atoms with Crippen molar-refractivity contribution in [3.05, 3.63) is 96.6 Å². The molecule has 2 aromatic carbocycles. The largest absolute Gasteiger partial charge is 0.393 e. The van der Waals surface area contributed by atoms with Crippen LogP contribution in [0.3, 0.4) is 0 Å². The Bertz CT molecular complexity index is 1380. The van der Waals surface area contributed by atoms with Gasteiger partial charge < -0.3 is 25.5 Å². The number of benzene rings is 2. The van der Waals surface area contributed by atoms with E-state index >= 15 is 0 Å². The van der Waals surface area contributed by atoms with E-state index in [4.69, 9.17) is 5.73 Å². The monoisotopic (exact) mass is 646 g/mol. The number of likely N-dealkylation sites (N-methyl/N-ethyl adjacent to an activating group) is 2. The number of aliphatic hydroxyl groups is 1. The predicted molar refractivity (Wildman–Crippen MR) is 196 cm³/mol. The zero-order chi connectivity index (χ0) is 35.6. The van der Waals surface area contributed by atoms with Gasteiger partial charge in [-0.1, -0.05) is 98.8 Å². The minimum absolute atomic E-state index is 0.154. The molecule has 0 spiro atoms. The van der Waals surface area contributed by atoms with Gasteiger partial charge in [-0.3, -0.25) is 14.4 Å². The Balaban J connectivity index is 0.000000698. The number of likely N-dealkylation sites (tertiary alicyclic amines) is 1. The first kappa shape index (κ1) is 41.0. The van der Waals surface area contributed by atoms with Gasteiger partial charge >= 0.3 is 0 Å². The molecule has 2 aromatic rings. The fourth-order valence-electron chi connectivity index (χ4n) is 4.93. The minimum Gasteiger partial charge on any atom is -0.393 e. The van der Waals surface area contributed by atoms with Gasteiger partial charge in [0.1, 0.15) is 6.04 Å². The number of rotatable bonds is 11. The Labute approximate surface area is 283 Å². The summed E-state index contributed by atoms with van der Waals surface area (Å²) in [6, 6.07) is 14.2. The maximum atomic E-state index is 13.4. The third-order valence-corrected chi connectivity index (χ3v) is 7.62. The third kappa shape index (κ3) is 15.0. The van der Waals surface area contributed by atoms with Gasteiger partial charge in [-0.2, -0.15) is 0 Å². The van der Waals surface area contributed by atoms with Crippen LogP contribution in [0.5, 0.6) is 0 Å². The molecule has 258 valence electrons. The standard InChI is InChI=1S/C26H42N4O4.C11H10.C2H6/c1-7-10-20(11-8-2)18-22(25(34)30-16-13-21(31)14-17-30)29(6)24(33)19-28(5)23(32)12-9-15-26(3,4)27;1-9-6-7-10-4-2-3-5-11(10)8-9;1-2/h7-12,21-22,31H,1,13-19,27H2,2-6H3;2-8H,1H3;1-2H3/b11-8-,12-9+,20-10+;;/t22-;;/m1../s1. The van der Waals surface area contributed by atoms with Crippen LogP contribution in [0.15, 0.2) is 91.1 Å². The molecule has 0 bridgehead atoms. The number of carbonyl (C=O) groups is 3. The van der Waals surface area contributed by atoms with Gasteiger partial charge in [0.25, 0.3) is 0 Å². The van der Waals surface area contributed by atoms with Crippen LogP contribution in [-0.2, 0) is 14.4 Å². The molecule has 1 saturated heterocycles. The molecule has 1 heterocycles. The lowest BCUT2D eigenvalue weighted by Crippen LogP contribution is -2.53. The molecule has 0 aliphatic carbocycles. The molecule has 1 atom stereocenters. The molecule has 3 amide bonds. The predicted octanol–water partition coefficient (Wildman–Crippen LogP) is 6.19. The van der Waals surface area contributed by atoms with Crippen LogP contribution in [0.2, 0.25) is 0 Å². The summed E-state index contributed by atoms with van der Waals surface area (Å²) in [6.45, 7) is 16.2. The molecule has 1 aliphatic heterocycles. The number of carbonyl (C=O) groups excluding carboxylic acids is 3. The minimum atomic E-state index is -0.734. The van der Waals surface area contributed by atoms with E-state index in [1.54, 1.807) is 31.1 Å². The second-order valence-corrected chi connectivity index (χ2v) is 12.4. The number of hydrogen-bond donors (Lipinski definition) is 2. The molecular weight excluding hydrogens is 588 g/mol. The smallest absolute Gasteiger partial charge is 0.246 e. The van der Waals surface area contributed by atoms with Crippen molar-refractivity contribution in [1.82, 2.24) is 14.7 Å². The van der Waals surface area contributed by atoms with Crippen molar-refractivity contribution in [1.29, 1.82) is 0 Å². The summed E-state index contributed by atoms with van der Waals surface area (Å²) in [6.07, 6.45) is 11.8. The molecule has 3 rings (SSSR count). The summed E-state index contributed by atoms with van der Waals surface area (Å²) >= 11 is 0. The molecule has 0 radical (unpaired) electrons. The van der Waals surface area contributed by atoms with Crippen molar-refractivity contribution in [3.63, 3.8) is 0 Å². The van der Waals surface area contributed by atoms with Crippen molar-refractivity contribution >= 4 is 28.5 Å². The molecule has 8 heteroatoms. The van der Waals surface area contributed by atoms with E-state index in [0.717, 1.165) is 5.57 Å². The topological polar surface area (TPSA) is 107 Å². The molecule has 0 aromatic heterocycles. The number of aliphatic hydroxyl groups excluding tert-OH is 1. The Kier molecular flexibility index (Phi) is 18.3. The maximum Gasteiger partial charge on any atom is 0.246 e. The molecule has 0 saturated carbocycles. The molecule has 1 fully saturated rings. The summed E-state index contributed by atoms with van der Waals surface area (Å²) < 4.78 is 0. The highest BCUT2D eigenvalue weighted by molar-refractivity contribution is 5.93. The van der Waals surface area contributed by atoms with Crippen LogP contribution in [0.25, 0.3) is 10.8 Å². The van der Waals surface area contributed by atoms with Gasteiger partial charge in [-0.15, -0.1) is 0 Å². The zero-order valence-electron chi connectivity index (χ0n) is 29.9. The van der Waals surface area contributed by atoms with Crippen molar-refractivity contribution < 1.29 is 19.5 Å². The van der Waals surface area contributed by atoms with E-state index in [-0.39, 0.29) is 24.3 Å². The highest BCUT2D eigenvalue weighted by Gasteiger charge is 2.33. The van der Waals surface area contributed by atoms with Gasteiger partial charge in [-0.05, 0) is 69.4 Å². The van der Waals surface area contributed by atoms with Crippen LogP contribution in [-0.4, -0.2) is 88.9 Å². The number of allylic oxidation sites excluding steroid dienone is 4. The quantitative estimate of drug-likeness (QED) is 0.224. The third-order valence-electron chi connectivity index (χ3n) is 7.62. The highest BCUT2D eigenvalue weighted by atomic mass is 16.3. The van der Waals surface area contributed by atoms with Crippen molar-refractivity contribution in [2.24, 2.45) is 5.73 Å². The van der Waals surface area contributed by atoms with Crippen molar-refractivity contribution in [2.45, 2.75) is 84.9 Å². The highest BCUT2D eigenvalue weighted by Crippen LogP contribution is 2.19. The van der Waals surface area contributed by atoms with Crippen LogP contribution in [0.1, 0.15) is 65.9 Å². The summed E-state index contributed by atoms with van der Waals surface area (Å²) in [7, 11) is 3.15. The van der Waals surface area contributed by atoms with E-state index in [1.807, 2.05) is 52.8 Å².